The van der Waals surface area contributed by atoms with Crippen LogP contribution < -0.4 is 0 Å². The van der Waals surface area contributed by atoms with Gasteiger partial charge in [0, 0.05) is 14.4 Å². The summed E-state index contributed by atoms with van der Waals surface area (Å²) in [4.78, 5) is 0. The minimum atomic E-state index is -1.68. The Morgan fingerprint density at radius 1 is 0.792 bits per heavy atom. The summed E-state index contributed by atoms with van der Waals surface area (Å²) in [5.41, 5.74) is 0. The van der Waals surface area contributed by atoms with Crippen molar-refractivity contribution in [1.82, 2.24) is 0 Å². The maximum atomic E-state index is 10.3. The van der Waals surface area contributed by atoms with Gasteiger partial charge in [0.05, 0.1) is 31.5 Å². The first kappa shape index (κ1) is 18.4. The van der Waals surface area contributed by atoms with Crippen molar-refractivity contribution in [3.8, 4) is 0 Å². The molecule has 11 atom stereocenters. The summed E-state index contributed by atoms with van der Waals surface area (Å²) >= 11 is 0. The van der Waals surface area contributed by atoms with Crippen LogP contribution in [0.2, 0.25) is 0 Å². The first-order valence-electron chi connectivity index (χ1n) is 8.24. The number of ether oxygens (including phenoxy) is 3. The number of hydrogen-bond donors (Lipinski definition) is 7. The summed E-state index contributed by atoms with van der Waals surface area (Å²) in [5.74, 6) is -1.19. The Labute approximate surface area is 140 Å². The van der Waals surface area contributed by atoms with Gasteiger partial charge in [0.1, 0.15) is 30.5 Å². The minimum Gasteiger partial charge on any atom is -0.394 e. The van der Waals surface area contributed by atoms with Gasteiger partial charge in [-0.25, -0.2) is 0 Å². The first-order chi connectivity index (χ1) is 11.8. The van der Waals surface area contributed by atoms with Crippen molar-refractivity contribution < 1.29 is 51.3 Å². The highest BCUT2D eigenvalue weighted by atomic mass is 16.7. The van der Waals surface area contributed by atoms with Crippen molar-refractivity contribution in [3.05, 3.63) is 0 Å². The van der Waals surface area contributed by atoms with Crippen molar-refractivity contribution in [2.45, 2.75) is 61.5 Å². The third-order valence-electron chi connectivity index (χ3n) is 4.51. The number of rotatable bonds is 5. The second kappa shape index (κ2) is 8.32. The van der Waals surface area contributed by atoms with Gasteiger partial charge in [0.25, 0.3) is 0 Å². The largest absolute Gasteiger partial charge is 0.394 e. The van der Waals surface area contributed by atoms with E-state index in [0.29, 0.717) is 0 Å². The normalized spacial score (nSPS) is 51.9. The maximum Gasteiger partial charge on any atom is 0.186 e. The molecule has 0 unspecified atom stereocenters. The van der Waals surface area contributed by atoms with E-state index in [4.69, 9.17) is 15.6 Å². The molecule has 0 radical (unpaired) electrons. The Morgan fingerprint density at radius 2 is 1.38 bits per heavy atom. The molecule has 0 saturated carbocycles. The Hall–Kier alpha value is -0.400. The molecule has 2 rings (SSSR count). The monoisotopic (exact) mass is 355 g/mol. The van der Waals surface area contributed by atoms with Gasteiger partial charge in [-0.15, -0.1) is 0 Å². The van der Waals surface area contributed by atoms with Crippen LogP contribution in [-0.4, -0.2) is 111 Å². The second-order valence-electron chi connectivity index (χ2n) is 6.01. The predicted molar refractivity (Wildman–Crippen MR) is 76.6 cm³/mol. The highest BCUT2D eigenvalue weighted by Gasteiger charge is 2.49. The Balaban J connectivity index is 2.23. The summed E-state index contributed by atoms with van der Waals surface area (Å²) in [6.07, 6.45) is -14.3. The number of methoxy groups -OCH3 is 1. The van der Waals surface area contributed by atoms with Gasteiger partial charge in [-0.2, -0.15) is 0 Å². The molecule has 0 bridgehead atoms. The van der Waals surface area contributed by atoms with E-state index in [2.05, 4.69) is 0 Å². The lowest BCUT2D eigenvalue weighted by atomic mass is 9.81. The average Bonchev–Trinajstić information content (AvgIpc) is 2.61. The lowest BCUT2D eigenvalue weighted by Gasteiger charge is -2.45. The molecule has 0 spiro atoms. The summed E-state index contributed by atoms with van der Waals surface area (Å²) < 4.78 is 23.8. The zero-order valence-corrected chi connectivity index (χ0v) is 13.1. The Morgan fingerprint density at radius 3 is 1.92 bits per heavy atom. The van der Waals surface area contributed by atoms with Crippen LogP contribution >= 0.6 is 0 Å². The van der Waals surface area contributed by atoms with Crippen molar-refractivity contribution >= 4 is 0 Å². The van der Waals surface area contributed by atoms with Crippen LogP contribution in [0.1, 0.15) is 7.77 Å². The highest BCUT2D eigenvalue weighted by Crippen LogP contribution is 2.33. The Kier molecular flexibility index (Phi) is 6.38. The van der Waals surface area contributed by atoms with Crippen LogP contribution in [0.3, 0.4) is 0 Å². The van der Waals surface area contributed by atoms with E-state index in [1.54, 1.807) is 0 Å². The minimum absolute atomic E-state index is 0.596. The molecule has 0 aromatic heterocycles. The van der Waals surface area contributed by atoms with Crippen LogP contribution in [-0.2, 0) is 14.2 Å². The van der Waals surface area contributed by atoms with Gasteiger partial charge in [-0.05, 0) is 6.40 Å². The average molecular weight is 355 g/mol. The number of aliphatic hydroxyl groups is 7. The van der Waals surface area contributed by atoms with Gasteiger partial charge in [-0.1, -0.05) is 0 Å². The maximum absolute atomic E-state index is 10.3. The van der Waals surface area contributed by atoms with Gasteiger partial charge in [0.15, 0.2) is 6.29 Å². The SMILES string of the molecule is [2H][C@H]([C@H]1O[C@H](CO)[C@@H](O)[C@H](O)[C@H]1O)[C@H]1[C@H](O)[C@@H](O)[C@@H](OC)O[C@@H]1CO. The van der Waals surface area contributed by atoms with Gasteiger partial charge >= 0.3 is 0 Å². The molecule has 142 valence electrons. The van der Waals surface area contributed by atoms with E-state index in [9.17, 15) is 35.7 Å². The molecule has 2 saturated heterocycles. The zero-order valence-electron chi connectivity index (χ0n) is 14.1. The third kappa shape index (κ3) is 3.73. The van der Waals surface area contributed by atoms with Crippen molar-refractivity contribution in [1.29, 1.82) is 0 Å². The fourth-order valence-electron chi connectivity index (χ4n) is 3.06. The van der Waals surface area contributed by atoms with Crippen LogP contribution in [0.5, 0.6) is 0 Å². The van der Waals surface area contributed by atoms with E-state index in [0.717, 1.165) is 0 Å². The quantitative estimate of drug-likeness (QED) is 0.257. The molecule has 10 heteroatoms. The van der Waals surface area contributed by atoms with Crippen LogP contribution in [0.4, 0.5) is 0 Å². The van der Waals surface area contributed by atoms with E-state index in [1.165, 1.54) is 7.11 Å². The standard InChI is InChI=1S/C14H26O10/c1-22-14-13(21)9(17)5(7(3-15)24-14)2-6-10(18)12(20)11(19)8(4-16)23-6/h5-21H,2-4H2,1H3/t5-,6-,7-,8-,9+,10+,11-,12-,13-,14+/m1/s1/i2D/t2-,5+,6+,7+,8+,9-,10-,11+,12+,13+,14-/m0. The smallest absolute Gasteiger partial charge is 0.186 e. The van der Waals surface area contributed by atoms with Crippen molar-refractivity contribution in [2.24, 2.45) is 5.92 Å². The molecule has 0 aromatic carbocycles. The summed E-state index contributed by atoms with van der Waals surface area (Å²) in [7, 11) is 1.24. The fraction of sp³-hybridized carbons (Fsp3) is 1.00. The molecule has 7 N–H and O–H groups in total. The molecular weight excluding hydrogens is 328 g/mol. The van der Waals surface area contributed by atoms with Crippen molar-refractivity contribution in [2.75, 3.05) is 20.3 Å². The van der Waals surface area contributed by atoms with Crippen LogP contribution in [0, 0.1) is 5.92 Å². The molecule has 2 heterocycles. The topological polar surface area (TPSA) is 169 Å². The lowest BCUT2D eigenvalue weighted by molar-refractivity contribution is -0.293. The summed E-state index contributed by atoms with van der Waals surface area (Å²) in [6, 6.07) is 0. The van der Waals surface area contributed by atoms with Crippen LogP contribution in [0.25, 0.3) is 0 Å². The highest BCUT2D eigenvalue weighted by molar-refractivity contribution is 4.96. The van der Waals surface area contributed by atoms with E-state index >= 15 is 0 Å². The Bertz CT molecular complexity index is 424. The molecule has 0 amide bonds. The zero-order chi connectivity index (χ0) is 18.9. The molecule has 10 nitrogen and oxygen atoms in total. The van der Waals surface area contributed by atoms with E-state index in [1.807, 2.05) is 0 Å². The number of hydrogen-bond acceptors (Lipinski definition) is 10. The third-order valence-corrected chi connectivity index (χ3v) is 4.51. The predicted octanol–water partition coefficient (Wildman–Crippen LogP) is -4.08. The van der Waals surface area contributed by atoms with Gasteiger partial charge in [-0.3, -0.25) is 0 Å². The number of aliphatic hydroxyl groups excluding tert-OH is 7. The molecule has 2 fully saturated rings. The second-order valence-corrected chi connectivity index (χ2v) is 6.01. The van der Waals surface area contributed by atoms with E-state index < -0.39 is 80.7 Å². The van der Waals surface area contributed by atoms with E-state index in [-0.39, 0.29) is 0 Å². The molecule has 0 aromatic rings. The molecule has 24 heavy (non-hydrogen) atoms. The fourth-order valence-corrected chi connectivity index (χ4v) is 3.06. The molecule has 2 aliphatic rings. The molecule has 2 aliphatic heterocycles. The lowest BCUT2D eigenvalue weighted by Crippen LogP contribution is -2.61. The first-order valence-corrected chi connectivity index (χ1v) is 7.66. The molecular formula is C14H26O10. The van der Waals surface area contributed by atoms with Gasteiger partial charge < -0.3 is 50.0 Å². The van der Waals surface area contributed by atoms with Gasteiger partial charge in [0.2, 0.25) is 0 Å². The van der Waals surface area contributed by atoms with Crippen molar-refractivity contribution in [3.63, 3.8) is 0 Å². The summed E-state index contributed by atoms with van der Waals surface area (Å²) in [5, 5.41) is 68.8. The summed E-state index contributed by atoms with van der Waals surface area (Å²) in [6.45, 7) is -1.25. The molecule has 0 aliphatic carbocycles. The van der Waals surface area contributed by atoms with Crippen LogP contribution in [0.15, 0.2) is 0 Å².